The maximum atomic E-state index is 12.8. The molecule has 0 saturated carbocycles. The number of benzene rings is 2. The van der Waals surface area contributed by atoms with Crippen molar-refractivity contribution in [3.8, 4) is 0 Å². The van der Waals surface area contributed by atoms with Gasteiger partial charge in [-0.15, -0.1) is 11.3 Å². The third kappa shape index (κ3) is 4.04. The van der Waals surface area contributed by atoms with Crippen molar-refractivity contribution in [3.63, 3.8) is 0 Å². The third-order valence-electron chi connectivity index (χ3n) is 4.18. The maximum Gasteiger partial charge on any atom is 0.267 e. The zero-order chi connectivity index (χ0) is 19.4. The number of nitrogens with zero attached hydrogens (tertiary/aromatic N) is 1. The molecular formula is C20H20N2O3S2. The van der Waals surface area contributed by atoms with Crippen LogP contribution in [0, 0.1) is 0 Å². The van der Waals surface area contributed by atoms with Gasteiger partial charge >= 0.3 is 0 Å². The monoisotopic (exact) mass is 400 g/mol. The largest absolute Gasteiger partial charge is 0.321 e. The van der Waals surface area contributed by atoms with Crippen LogP contribution in [0.2, 0.25) is 0 Å². The Morgan fingerprint density at radius 2 is 1.81 bits per heavy atom. The Bertz CT molecular complexity index is 1040. The maximum absolute atomic E-state index is 12.8. The summed E-state index contributed by atoms with van der Waals surface area (Å²) in [6, 6.07) is 17.4. The highest BCUT2D eigenvalue weighted by Gasteiger charge is 2.26. The molecule has 1 N–H and O–H groups in total. The molecule has 0 fully saturated rings. The van der Waals surface area contributed by atoms with E-state index in [0.29, 0.717) is 16.3 Å². The fourth-order valence-corrected chi connectivity index (χ4v) is 4.76. The van der Waals surface area contributed by atoms with E-state index >= 15 is 0 Å². The lowest BCUT2D eigenvalue weighted by molar-refractivity contribution is 0.103. The van der Waals surface area contributed by atoms with E-state index in [0.717, 1.165) is 16.3 Å². The molecule has 1 amide bonds. The first-order chi connectivity index (χ1) is 12.9. The summed E-state index contributed by atoms with van der Waals surface area (Å²) < 4.78 is 26.8. The summed E-state index contributed by atoms with van der Waals surface area (Å²) in [5.74, 6) is -0.330. The zero-order valence-corrected chi connectivity index (χ0v) is 16.7. The second-order valence-electron chi connectivity index (χ2n) is 5.93. The average molecular weight is 401 g/mol. The zero-order valence-electron chi connectivity index (χ0n) is 15.0. The van der Waals surface area contributed by atoms with E-state index in [-0.39, 0.29) is 10.8 Å². The molecule has 0 aliphatic rings. The third-order valence-corrected chi connectivity index (χ3v) is 6.87. The molecule has 3 rings (SSSR count). The van der Waals surface area contributed by atoms with Gasteiger partial charge in [0.1, 0.15) is 4.88 Å². The molecule has 1 heterocycles. The summed E-state index contributed by atoms with van der Waals surface area (Å²) >= 11 is 1.21. The number of hydrogen-bond donors (Lipinski definition) is 1. The van der Waals surface area contributed by atoms with Crippen molar-refractivity contribution in [1.29, 1.82) is 0 Å². The first-order valence-electron chi connectivity index (χ1n) is 8.45. The highest BCUT2D eigenvalue weighted by molar-refractivity contribution is 7.92. The molecule has 0 unspecified atom stereocenters. The highest BCUT2D eigenvalue weighted by Crippen LogP contribution is 2.30. The first-order valence-corrected chi connectivity index (χ1v) is 10.8. The van der Waals surface area contributed by atoms with Crippen molar-refractivity contribution in [3.05, 3.63) is 76.5 Å². The Morgan fingerprint density at radius 3 is 2.52 bits per heavy atom. The minimum absolute atomic E-state index is 0.181. The second-order valence-corrected chi connectivity index (χ2v) is 8.81. The number of amides is 1. The van der Waals surface area contributed by atoms with Crippen molar-refractivity contribution >= 4 is 38.6 Å². The minimum atomic E-state index is -3.74. The fraction of sp³-hybridized carbons (Fsp3) is 0.150. The summed E-state index contributed by atoms with van der Waals surface area (Å²) in [6.07, 6.45) is 0.867. The molecule has 7 heteroatoms. The van der Waals surface area contributed by atoms with E-state index in [9.17, 15) is 13.2 Å². The quantitative estimate of drug-likeness (QED) is 0.667. The lowest BCUT2D eigenvalue weighted by Crippen LogP contribution is -2.28. The summed E-state index contributed by atoms with van der Waals surface area (Å²) in [5.41, 5.74) is 2.16. The Hall–Kier alpha value is -2.64. The van der Waals surface area contributed by atoms with Gasteiger partial charge in [0.15, 0.2) is 0 Å². The highest BCUT2D eigenvalue weighted by atomic mass is 32.2. The average Bonchev–Trinajstić information content (AvgIpc) is 3.18. The van der Waals surface area contributed by atoms with Crippen LogP contribution in [0.5, 0.6) is 0 Å². The van der Waals surface area contributed by atoms with Gasteiger partial charge in [0.25, 0.3) is 15.9 Å². The van der Waals surface area contributed by atoms with Gasteiger partial charge in [-0.25, -0.2) is 8.42 Å². The van der Waals surface area contributed by atoms with Crippen molar-refractivity contribution in [2.45, 2.75) is 18.2 Å². The molecule has 0 saturated heterocycles. The molecule has 3 aromatic rings. The normalized spacial score (nSPS) is 11.2. The number of thiophene rings is 1. The van der Waals surface area contributed by atoms with Crippen LogP contribution in [-0.2, 0) is 16.4 Å². The summed E-state index contributed by atoms with van der Waals surface area (Å²) in [6.45, 7) is 2.04. The Balaban J connectivity index is 1.88. The predicted molar refractivity (Wildman–Crippen MR) is 110 cm³/mol. The van der Waals surface area contributed by atoms with Gasteiger partial charge in [-0.2, -0.15) is 0 Å². The van der Waals surface area contributed by atoms with Crippen LogP contribution in [0.4, 0.5) is 11.4 Å². The van der Waals surface area contributed by atoms with E-state index in [1.807, 2.05) is 31.2 Å². The van der Waals surface area contributed by atoms with E-state index in [2.05, 4.69) is 5.32 Å². The number of sulfonamides is 1. The second kappa shape index (κ2) is 7.94. The Morgan fingerprint density at radius 1 is 1.07 bits per heavy atom. The molecule has 1 aromatic heterocycles. The number of hydrogen-bond acceptors (Lipinski definition) is 4. The van der Waals surface area contributed by atoms with Gasteiger partial charge in [0, 0.05) is 12.7 Å². The van der Waals surface area contributed by atoms with Crippen molar-refractivity contribution in [1.82, 2.24) is 0 Å². The molecule has 0 aliphatic heterocycles. The predicted octanol–water partition coefficient (Wildman–Crippen LogP) is 4.39. The van der Waals surface area contributed by atoms with Crippen molar-refractivity contribution in [2.24, 2.45) is 0 Å². The van der Waals surface area contributed by atoms with Gasteiger partial charge in [-0.1, -0.05) is 37.3 Å². The molecule has 5 nitrogen and oxygen atoms in total. The number of rotatable bonds is 6. The van der Waals surface area contributed by atoms with Crippen molar-refractivity contribution in [2.75, 3.05) is 16.7 Å². The molecule has 0 radical (unpaired) electrons. The van der Waals surface area contributed by atoms with Gasteiger partial charge in [-0.3, -0.25) is 9.10 Å². The lowest BCUT2D eigenvalue weighted by Gasteiger charge is -2.19. The number of anilines is 2. The Labute approximate surface area is 163 Å². The van der Waals surface area contributed by atoms with Crippen LogP contribution in [-0.4, -0.2) is 21.4 Å². The van der Waals surface area contributed by atoms with Gasteiger partial charge < -0.3 is 5.32 Å². The molecule has 2 aromatic carbocycles. The SMILES string of the molecule is CCc1cccc(NC(=O)c2sccc2N(C)S(=O)(=O)c2ccccc2)c1. The molecule has 0 atom stereocenters. The minimum Gasteiger partial charge on any atom is -0.321 e. The summed E-state index contributed by atoms with van der Waals surface area (Å²) in [4.78, 5) is 13.3. The van der Waals surface area contributed by atoms with Crippen LogP contribution in [0.3, 0.4) is 0 Å². The lowest BCUT2D eigenvalue weighted by atomic mass is 10.1. The molecule has 0 aliphatic carbocycles. The van der Waals surface area contributed by atoms with Crippen LogP contribution in [0.25, 0.3) is 0 Å². The van der Waals surface area contributed by atoms with E-state index in [1.165, 1.54) is 30.5 Å². The van der Waals surface area contributed by atoms with Crippen molar-refractivity contribution < 1.29 is 13.2 Å². The van der Waals surface area contributed by atoms with Crippen LogP contribution in [0.15, 0.2) is 70.9 Å². The summed E-state index contributed by atoms with van der Waals surface area (Å²) in [5, 5.41) is 4.57. The summed E-state index contributed by atoms with van der Waals surface area (Å²) in [7, 11) is -2.28. The van der Waals surface area contributed by atoms with Gasteiger partial charge in [0.05, 0.1) is 10.6 Å². The molecule has 27 heavy (non-hydrogen) atoms. The number of carbonyl (C=O) groups is 1. The standard InChI is InChI=1S/C20H20N2O3S2/c1-3-15-8-7-9-16(14-15)21-20(23)19-18(12-13-26-19)22(2)27(24,25)17-10-5-4-6-11-17/h4-14H,3H2,1-2H3,(H,21,23). The number of aryl methyl sites for hydroxylation is 1. The van der Waals surface area contributed by atoms with Crippen LogP contribution >= 0.6 is 11.3 Å². The molecule has 0 spiro atoms. The van der Waals surface area contributed by atoms with E-state index in [4.69, 9.17) is 0 Å². The van der Waals surface area contributed by atoms with Crippen LogP contribution in [0.1, 0.15) is 22.2 Å². The van der Waals surface area contributed by atoms with E-state index in [1.54, 1.807) is 29.6 Å². The first kappa shape index (κ1) is 19.1. The Kier molecular flexibility index (Phi) is 5.62. The molecule has 0 bridgehead atoms. The molecule has 140 valence electrons. The topological polar surface area (TPSA) is 66.5 Å². The van der Waals surface area contributed by atoms with Gasteiger partial charge in [-0.05, 0) is 47.7 Å². The molecular weight excluding hydrogens is 380 g/mol. The number of carbonyl (C=O) groups excluding carboxylic acids is 1. The number of nitrogens with one attached hydrogen (secondary N) is 1. The fourth-order valence-electron chi connectivity index (χ4n) is 2.66. The van der Waals surface area contributed by atoms with Gasteiger partial charge in [0.2, 0.25) is 0 Å². The smallest absolute Gasteiger partial charge is 0.267 e. The van der Waals surface area contributed by atoms with E-state index < -0.39 is 10.0 Å². The van der Waals surface area contributed by atoms with Crippen LogP contribution < -0.4 is 9.62 Å².